The molecule has 0 spiro atoms. The standard InChI is InChI=1S/C13H17FO3/c1-5-13(2,17-4)12(15)9-7-6-8-10(16-3)11(9)14/h6-8H,5H2,1-4H3. The monoisotopic (exact) mass is 240 g/mol. The van der Waals surface area contributed by atoms with Crippen molar-refractivity contribution in [1.29, 1.82) is 0 Å². The Labute approximate surface area is 101 Å². The first kappa shape index (κ1) is 13.6. The van der Waals surface area contributed by atoms with Crippen molar-refractivity contribution in [2.45, 2.75) is 25.9 Å². The molecule has 1 unspecified atom stereocenters. The molecule has 17 heavy (non-hydrogen) atoms. The van der Waals surface area contributed by atoms with Gasteiger partial charge in [-0.1, -0.05) is 13.0 Å². The average molecular weight is 240 g/mol. The molecule has 0 amide bonds. The van der Waals surface area contributed by atoms with Crippen LogP contribution in [0, 0.1) is 5.82 Å². The second-order valence-corrected chi connectivity index (χ2v) is 3.94. The van der Waals surface area contributed by atoms with Crippen molar-refractivity contribution in [2.24, 2.45) is 0 Å². The molecule has 94 valence electrons. The van der Waals surface area contributed by atoms with E-state index >= 15 is 0 Å². The molecule has 0 fully saturated rings. The van der Waals surface area contributed by atoms with E-state index in [1.165, 1.54) is 26.4 Å². The van der Waals surface area contributed by atoms with E-state index < -0.39 is 11.4 Å². The van der Waals surface area contributed by atoms with Crippen molar-refractivity contribution in [3.05, 3.63) is 29.6 Å². The van der Waals surface area contributed by atoms with Crippen LogP contribution in [0.5, 0.6) is 5.75 Å². The van der Waals surface area contributed by atoms with Gasteiger partial charge in [-0.3, -0.25) is 4.79 Å². The van der Waals surface area contributed by atoms with E-state index in [2.05, 4.69) is 0 Å². The SMILES string of the molecule is CCC(C)(OC)C(=O)c1cccc(OC)c1F. The Kier molecular flexibility index (Phi) is 4.23. The van der Waals surface area contributed by atoms with Gasteiger partial charge in [0.15, 0.2) is 17.3 Å². The molecule has 1 atom stereocenters. The number of methoxy groups -OCH3 is 2. The summed E-state index contributed by atoms with van der Waals surface area (Å²) in [7, 11) is 2.81. The minimum atomic E-state index is -1.01. The van der Waals surface area contributed by atoms with Crippen LogP contribution in [0.1, 0.15) is 30.6 Å². The molecule has 0 bridgehead atoms. The molecule has 0 heterocycles. The topological polar surface area (TPSA) is 35.5 Å². The zero-order valence-electron chi connectivity index (χ0n) is 10.5. The van der Waals surface area contributed by atoms with Crippen molar-refractivity contribution < 1.29 is 18.7 Å². The minimum Gasteiger partial charge on any atom is -0.494 e. The van der Waals surface area contributed by atoms with Crippen molar-refractivity contribution in [3.63, 3.8) is 0 Å². The molecule has 0 saturated heterocycles. The maximum Gasteiger partial charge on any atom is 0.197 e. The lowest BCUT2D eigenvalue weighted by atomic mass is 9.91. The lowest BCUT2D eigenvalue weighted by Crippen LogP contribution is -2.37. The normalized spacial score (nSPS) is 14.2. The molecule has 0 aliphatic carbocycles. The summed E-state index contributed by atoms with van der Waals surface area (Å²) in [6.45, 7) is 3.47. The fourth-order valence-electron chi connectivity index (χ4n) is 1.53. The molecule has 1 aromatic rings. The number of halogens is 1. The van der Waals surface area contributed by atoms with Crippen molar-refractivity contribution >= 4 is 5.78 Å². The van der Waals surface area contributed by atoms with Crippen LogP contribution in [0.25, 0.3) is 0 Å². The zero-order valence-corrected chi connectivity index (χ0v) is 10.5. The van der Waals surface area contributed by atoms with Gasteiger partial charge in [0.1, 0.15) is 5.60 Å². The lowest BCUT2D eigenvalue weighted by Gasteiger charge is -2.25. The predicted molar refractivity (Wildman–Crippen MR) is 63.0 cm³/mol. The van der Waals surface area contributed by atoms with E-state index in [-0.39, 0.29) is 17.1 Å². The lowest BCUT2D eigenvalue weighted by molar-refractivity contribution is 0.0102. The number of ketones is 1. The van der Waals surface area contributed by atoms with Gasteiger partial charge in [0.2, 0.25) is 0 Å². The molecule has 3 nitrogen and oxygen atoms in total. The number of ether oxygens (including phenoxy) is 2. The van der Waals surface area contributed by atoms with Crippen molar-refractivity contribution in [2.75, 3.05) is 14.2 Å². The first-order valence-electron chi connectivity index (χ1n) is 5.42. The van der Waals surface area contributed by atoms with Gasteiger partial charge < -0.3 is 9.47 Å². The summed E-state index contributed by atoms with van der Waals surface area (Å²) in [6.07, 6.45) is 0.471. The molecule has 0 aromatic heterocycles. The number of benzene rings is 1. The van der Waals surface area contributed by atoms with E-state index in [0.717, 1.165) is 0 Å². The molecule has 0 aliphatic rings. The van der Waals surface area contributed by atoms with Crippen LogP contribution in [-0.4, -0.2) is 25.6 Å². The fraction of sp³-hybridized carbons (Fsp3) is 0.462. The van der Waals surface area contributed by atoms with Crippen LogP contribution < -0.4 is 4.74 Å². The summed E-state index contributed by atoms with van der Waals surface area (Å²) in [5.74, 6) is -0.957. The van der Waals surface area contributed by atoms with Crippen LogP contribution in [0.2, 0.25) is 0 Å². The smallest absolute Gasteiger partial charge is 0.197 e. The molecule has 1 aromatic carbocycles. The highest BCUT2D eigenvalue weighted by Crippen LogP contribution is 2.26. The van der Waals surface area contributed by atoms with Gasteiger partial charge in [-0.2, -0.15) is 0 Å². The maximum atomic E-state index is 13.9. The van der Waals surface area contributed by atoms with Gasteiger partial charge in [0.05, 0.1) is 12.7 Å². The number of hydrogen-bond donors (Lipinski definition) is 0. The highest BCUT2D eigenvalue weighted by molar-refractivity contribution is 6.02. The summed E-state index contributed by atoms with van der Waals surface area (Å²) in [5, 5.41) is 0. The van der Waals surface area contributed by atoms with E-state index in [4.69, 9.17) is 9.47 Å². The maximum absolute atomic E-state index is 13.9. The van der Waals surface area contributed by atoms with Crippen molar-refractivity contribution in [3.8, 4) is 5.75 Å². The van der Waals surface area contributed by atoms with Gasteiger partial charge in [-0.05, 0) is 25.5 Å². The Bertz CT molecular complexity index is 411. The summed E-state index contributed by atoms with van der Waals surface area (Å²) in [4.78, 5) is 12.2. The summed E-state index contributed by atoms with van der Waals surface area (Å²) >= 11 is 0. The van der Waals surface area contributed by atoms with Gasteiger partial charge in [0.25, 0.3) is 0 Å². The first-order chi connectivity index (χ1) is 8.00. The molecule has 1 rings (SSSR count). The molecule has 0 aliphatic heterocycles. The predicted octanol–water partition coefficient (Wildman–Crippen LogP) is 2.83. The minimum absolute atomic E-state index is 0.00412. The number of rotatable bonds is 5. The third-order valence-electron chi connectivity index (χ3n) is 3.03. The summed E-state index contributed by atoms with van der Waals surface area (Å²) < 4.78 is 23.9. The Morgan fingerprint density at radius 3 is 2.53 bits per heavy atom. The van der Waals surface area contributed by atoms with Crippen molar-refractivity contribution in [1.82, 2.24) is 0 Å². The molecule has 0 radical (unpaired) electrons. The van der Waals surface area contributed by atoms with Crippen LogP contribution >= 0.6 is 0 Å². The van der Waals surface area contributed by atoms with E-state index in [9.17, 15) is 9.18 Å². The second-order valence-electron chi connectivity index (χ2n) is 3.94. The van der Waals surface area contributed by atoms with Gasteiger partial charge in [-0.15, -0.1) is 0 Å². The Balaban J connectivity index is 3.21. The molecule has 4 heteroatoms. The first-order valence-corrected chi connectivity index (χ1v) is 5.42. The average Bonchev–Trinajstić information content (AvgIpc) is 2.37. The molecule has 0 saturated carbocycles. The molecule has 0 N–H and O–H groups in total. The summed E-state index contributed by atoms with van der Waals surface area (Å²) in [5.41, 5.74) is -1.01. The quantitative estimate of drug-likeness (QED) is 0.742. The number of Topliss-reactive ketones (excluding diaryl/α,β-unsaturated/α-hetero) is 1. The van der Waals surface area contributed by atoms with Crippen LogP contribution in [0.4, 0.5) is 4.39 Å². The highest BCUT2D eigenvalue weighted by atomic mass is 19.1. The fourth-order valence-corrected chi connectivity index (χ4v) is 1.53. The van der Waals surface area contributed by atoms with Gasteiger partial charge in [0, 0.05) is 7.11 Å². The van der Waals surface area contributed by atoms with E-state index in [1.807, 2.05) is 6.92 Å². The van der Waals surface area contributed by atoms with Crippen LogP contribution in [0.3, 0.4) is 0 Å². The second kappa shape index (κ2) is 5.27. The Morgan fingerprint density at radius 1 is 1.41 bits per heavy atom. The molecular formula is C13H17FO3. The van der Waals surface area contributed by atoms with E-state index in [1.54, 1.807) is 13.0 Å². The number of carbonyl (C=O) groups is 1. The van der Waals surface area contributed by atoms with E-state index in [0.29, 0.717) is 6.42 Å². The number of carbonyl (C=O) groups excluding carboxylic acids is 1. The van der Waals surface area contributed by atoms with Gasteiger partial charge >= 0.3 is 0 Å². The van der Waals surface area contributed by atoms with Crippen LogP contribution in [-0.2, 0) is 4.74 Å². The van der Waals surface area contributed by atoms with Gasteiger partial charge in [-0.25, -0.2) is 4.39 Å². The highest BCUT2D eigenvalue weighted by Gasteiger charge is 2.34. The zero-order chi connectivity index (χ0) is 13.1. The third kappa shape index (κ3) is 2.47. The third-order valence-corrected chi connectivity index (χ3v) is 3.03. The summed E-state index contributed by atoms with van der Waals surface area (Å²) in [6, 6.07) is 4.50. The Hall–Kier alpha value is -1.42. The largest absolute Gasteiger partial charge is 0.494 e. The Morgan fingerprint density at radius 2 is 2.06 bits per heavy atom. The molecular weight excluding hydrogens is 223 g/mol. The van der Waals surface area contributed by atoms with Crippen LogP contribution in [0.15, 0.2) is 18.2 Å². The number of hydrogen-bond acceptors (Lipinski definition) is 3.